The lowest BCUT2D eigenvalue weighted by atomic mass is 9.49. The van der Waals surface area contributed by atoms with Crippen molar-refractivity contribution in [3.8, 4) is 46.0 Å². The van der Waals surface area contributed by atoms with E-state index in [4.69, 9.17) is 53.6 Å². The first-order valence-corrected chi connectivity index (χ1v) is 52.5. The Bertz CT molecular complexity index is 4040. The van der Waals surface area contributed by atoms with E-state index in [0.29, 0.717) is 82.5 Å². The molecule has 0 amide bonds. The van der Waals surface area contributed by atoms with Gasteiger partial charge < -0.3 is 53.6 Å². The topological polar surface area (TPSA) is 146 Å². The third kappa shape index (κ3) is 41.5. The number of hydrogen-bond acceptors (Lipinski definition) is 11. The molecule has 0 aliphatic heterocycles. The molecule has 4 bridgehead atoms. The molecule has 0 radical (unpaired) electrons. The predicted molar refractivity (Wildman–Crippen MR) is 562 cm³/mol. The van der Waals surface area contributed by atoms with Crippen LogP contribution in [0.15, 0.2) is 194 Å². The Morgan fingerprint density at radius 1 is 0.338 bits per heavy atom. The number of hydrogen-bond donors (Lipinski definition) is 4. The van der Waals surface area contributed by atoms with Crippen LogP contribution in [0.5, 0.6) is 46.0 Å². The molecule has 8 aromatic rings. The zero-order valence-corrected chi connectivity index (χ0v) is 87.9. The van der Waals surface area contributed by atoms with Crippen LogP contribution < -0.4 is 18.9 Å². The molecule has 0 saturated heterocycles. The largest absolute Gasteiger partial charge is 0.508 e. The Morgan fingerprint density at radius 2 is 0.609 bits per heavy atom. The van der Waals surface area contributed by atoms with Crippen molar-refractivity contribution in [2.24, 2.45) is 39.9 Å². The third-order valence-corrected chi connectivity index (χ3v) is 29.1. The van der Waals surface area contributed by atoms with Crippen LogP contribution in [0.4, 0.5) is 0 Å². The van der Waals surface area contributed by atoms with Crippen LogP contribution in [-0.2, 0) is 14.2 Å². The molecule has 0 spiro atoms. The highest BCUT2D eigenvalue weighted by Crippen LogP contribution is 2.62. The molecule has 6 aliphatic rings. The molecule has 14 rings (SSSR count). The number of methoxy groups -OCH3 is 1. The number of ether oxygens (including phenoxy) is 7. The summed E-state index contributed by atoms with van der Waals surface area (Å²) in [5.41, 5.74) is 11.2. The average Bonchev–Trinajstić information content (AvgIpc) is 0.736. The zero-order valence-electron chi connectivity index (χ0n) is 87.9. The van der Waals surface area contributed by atoms with Gasteiger partial charge in [-0.15, -0.1) is 0 Å². The maximum absolute atomic E-state index is 9.01. The lowest BCUT2D eigenvalue weighted by molar-refractivity contribution is -0.213. The van der Waals surface area contributed by atoms with Crippen molar-refractivity contribution in [2.45, 2.75) is 424 Å². The van der Waals surface area contributed by atoms with Crippen molar-refractivity contribution in [3.63, 3.8) is 0 Å². The summed E-state index contributed by atoms with van der Waals surface area (Å²) in [5, 5.41) is 36.0. The smallest absolute Gasteiger partial charge is 0.205 e. The molecule has 6 saturated carbocycles. The fourth-order valence-corrected chi connectivity index (χ4v) is 19.0. The Morgan fingerprint density at radius 3 is 0.880 bits per heavy atom. The maximum atomic E-state index is 9.01. The third-order valence-electron chi connectivity index (χ3n) is 29.1. The zero-order chi connectivity index (χ0) is 97.6. The molecule has 0 aromatic heterocycles. The summed E-state index contributed by atoms with van der Waals surface area (Å²) in [6.45, 7) is 53.5. The first-order valence-electron chi connectivity index (χ1n) is 52.5. The SMILES string of the molecule is CCC(C)c1ccc(O)cc1.CCC(C)c1ccc(O)cc1.CCC(C)c1ccc(O)cc1.CCC(C)c1ccc(O)cc1.CCC(C)c1ccc(OC(C)CCCC2CCCCC2)cc1.CCC(C)c1ccc(OC(CC(C)(C)C)OC2CCCCC2)cc1.CCC(C)c1ccc(OC(OC)C(C)(C)C)cc1.CCOC(Oc1ccc(C(C)CC)cc1)C12CC3CC(CC(C3)C1)C2. The lowest BCUT2D eigenvalue weighted by Crippen LogP contribution is -2.54. The van der Waals surface area contributed by atoms with Crippen LogP contribution in [0.2, 0.25) is 0 Å². The van der Waals surface area contributed by atoms with Crippen molar-refractivity contribution in [3.05, 3.63) is 239 Å². The van der Waals surface area contributed by atoms with E-state index >= 15 is 0 Å². The van der Waals surface area contributed by atoms with Gasteiger partial charge >= 0.3 is 0 Å². The van der Waals surface area contributed by atoms with Crippen LogP contribution in [0.25, 0.3) is 0 Å². The second kappa shape index (κ2) is 59.9. The number of aromatic hydroxyl groups is 4. The van der Waals surface area contributed by atoms with Crippen LogP contribution in [0.3, 0.4) is 0 Å². The Kier molecular flexibility index (Phi) is 51.2. The van der Waals surface area contributed by atoms with Crippen molar-refractivity contribution in [1.82, 2.24) is 0 Å². The number of rotatable bonds is 35. The summed E-state index contributed by atoms with van der Waals surface area (Å²) in [5.74, 6) is 13.7. The summed E-state index contributed by atoms with van der Waals surface area (Å²) in [6, 6.07) is 64.1. The Hall–Kier alpha value is -7.96. The van der Waals surface area contributed by atoms with Gasteiger partial charge in [-0.05, 0) is 347 Å². The predicted octanol–water partition coefficient (Wildman–Crippen LogP) is 35.8. The second-order valence-electron chi connectivity index (χ2n) is 42.4. The fraction of sp³-hybridized carbons (Fsp3) is 0.607. The first kappa shape index (κ1) is 114. The minimum atomic E-state index is -0.230. The Balaban J connectivity index is 0.000000239. The van der Waals surface area contributed by atoms with Crippen LogP contribution in [0, 0.1) is 39.9 Å². The van der Waals surface area contributed by atoms with Crippen LogP contribution >= 0.6 is 0 Å². The molecule has 8 aromatic carbocycles. The van der Waals surface area contributed by atoms with Gasteiger partial charge in [-0.25, -0.2) is 0 Å². The summed E-state index contributed by atoms with van der Waals surface area (Å²) in [7, 11) is 1.68. The minimum Gasteiger partial charge on any atom is -0.508 e. The Labute approximate surface area is 811 Å². The van der Waals surface area contributed by atoms with Gasteiger partial charge in [0.25, 0.3) is 0 Å². The van der Waals surface area contributed by atoms with Gasteiger partial charge in [0.15, 0.2) is 0 Å². The monoisotopic (exact) mass is 1830 g/mol. The van der Waals surface area contributed by atoms with E-state index in [2.05, 4.69) is 251 Å². The lowest BCUT2D eigenvalue weighted by Gasteiger charge is -2.58. The molecule has 6 aliphatic carbocycles. The van der Waals surface area contributed by atoms with Crippen LogP contribution in [0.1, 0.15) is 438 Å². The molecule has 133 heavy (non-hydrogen) atoms. The summed E-state index contributed by atoms with van der Waals surface area (Å²) in [4.78, 5) is 0. The van der Waals surface area contributed by atoms with Crippen LogP contribution in [-0.4, -0.2) is 65.2 Å². The number of phenolic OH excluding ortho intramolecular Hbond substituents is 4. The van der Waals surface area contributed by atoms with Crippen molar-refractivity contribution in [1.29, 1.82) is 0 Å². The molecular weight excluding hydrogens is 1640 g/mol. The van der Waals surface area contributed by atoms with E-state index in [1.54, 1.807) is 55.6 Å². The van der Waals surface area contributed by atoms with Crippen molar-refractivity contribution >= 4 is 0 Å². The summed E-state index contributed by atoms with van der Waals surface area (Å²) in [6.07, 6.45) is 36.2. The molecule has 12 atom stereocenters. The molecule has 0 heterocycles. The summed E-state index contributed by atoms with van der Waals surface area (Å²) < 4.78 is 42.6. The highest BCUT2D eigenvalue weighted by atomic mass is 16.7. The molecule has 4 N–H and O–H groups in total. The molecule has 11 nitrogen and oxygen atoms in total. The van der Waals surface area contributed by atoms with Gasteiger partial charge in [0.1, 0.15) is 46.0 Å². The number of benzene rings is 8. The van der Waals surface area contributed by atoms with Gasteiger partial charge in [-0.3, -0.25) is 0 Å². The number of phenols is 4. The molecule has 11 heteroatoms. The molecule has 6 fully saturated rings. The van der Waals surface area contributed by atoms with Gasteiger partial charge in [0.05, 0.1) is 12.2 Å². The van der Waals surface area contributed by atoms with Crippen molar-refractivity contribution < 1.29 is 53.6 Å². The average molecular weight is 1830 g/mol. The van der Waals surface area contributed by atoms with E-state index in [9.17, 15) is 0 Å². The normalized spacial score (nSPS) is 19.6. The maximum Gasteiger partial charge on any atom is 0.205 e. The highest BCUT2D eigenvalue weighted by molar-refractivity contribution is 5.35. The van der Waals surface area contributed by atoms with E-state index in [-0.39, 0.29) is 35.1 Å². The second-order valence-corrected chi connectivity index (χ2v) is 42.4. The highest BCUT2D eigenvalue weighted by Gasteiger charge is 2.56. The quantitative estimate of drug-likeness (QED) is 0.0282. The van der Waals surface area contributed by atoms with Gasteiger partial charge in [-0.2, -0.15) is 0 Å². The van der Waals surface area contributed by atoms with Gasteiger partial charge in [-0.1, -0.05) is 307 Å². The van der Waals surface area contributed by atoms with Crippen molar-refractivity contribution in [2.75, 3.05) is 13.7 Å². The van der Waals surface area contributed by atoms with Gasteiger partial charge in [0.2, 0.25) is 18.9 Å². The van der Waals surface area contributed by atoms with E-state index in [1.807, 2.05) is 60.7 Å². The molecule has 740 valence electrons. The standard InChI is InChI=1S/C23H34O2.C22H36O2.C21H34O.C16H26O2.4C10H14O/c1-4-16(3)20-6-8-21(9-7-20)25-22(24-5-2)23-13-17-10-18(14-23)12-19(11-17)15-23;1-6-17(2)18-12-14-20(15-13-18)24-21(16-22(3,4)5)23-19-10-8-7-9-11-19;1-4-17(2)20-13-15-21(16-14-20)22-18(3)9-8-12-19-10-6-5-7-11-19;1-7-12(2)13-8-10-14(11-9-13)18-15(17-6)16(3,4)5;4*1-3-8(2)9-4-6-10(11)7-5-9/h6-9,16-19,22H,4-5,10-15H2,1-3H3;12-15,17,19,21H,6-11,16H2,1-5H3;13-19H,4-12H2,1-3H3;8-12,15H,7H2,1-6H3;4*4-8,11H,3H2,1-2H3. The minimum absolute atomic E-state index is 0.0376. The fourth-order valence-electron chi connectivity index (χ4n) is 19.0. The first-order chi connectivity index (χ1) is 63.5. The van der Waals surface area contributed by atoms with E-state index in [0.717, 1.165) is 98.2 Å². The summed E-state index contributed by atoms with van der Waals surface area (Å²) >= 11 is 0. The molecule has 12 unspecified atom stereocenters. The van der Waals surface area contributed by atoms with E-state index < -0.39 is 0 Å². The van der Waals surface area contributed by atoms with E-state index in [1.165, 1.54) is 179 Å². The van der Waals surface area contributed by atoms with Gasteiger partial charge in [0, 0.05) is 31.0 Å². The molecular formula is C122H186O11.